The number of rotatable bonds is 9. The second-order valence-electron chi connectivity index (χ2n) is 6.42. The maximum absolute atomic E-state index is 11.5. The molecule has 0 aromatic heterocycles. The lowest BCUT2D eigenvalue weighted by Crippen LogP contribution is -2.27. The molecular formula is C19H27NO3S2. The Labute approximate surface area is 156 Å². The van der Waals surface area contributed by atoms with E-state index in [2.05, 4.69) is 18.3 Å². The van der Waals surface area contributed by atoms with Crippen LogP contribution < -0.4 is 10.1 Å². The normalized spacial score (nSPS) is 15.6. The maximum Gasteiger partial charge on any atom is 0.266 e. The van der Waals surface area contributed by atoms with Crippen molar-refractivity contribution < 1.29 is 13.2 Å². The third kappa shape index (κ3) is 7.16. The fourth-order valence-corrected chi connectivity index (χ4v) is 4.29. The molecule has 0 saturated carbocycles. The van der Waals surface area contributed by atoms with Gasteiger partial charge in [0.1, 0.15) is 5.75 Å². The van der Waals surface area contributed by atoms with Gasteiger partial charge in [0.25, 0.3) is 5.17 Å². The number of hydrogen-bond donors (Lipinski definition) is 1. The number of benzene rings is 1. The number of hydrogen-bond acceptors (Lipinski definition) is 4. The minimum Gasteiger partial charge on any atom is -0.431 e. The summed E-state index contributed by atoms with van der Waals surface area (Å²) in [6.45, 7) is 2.22. The predicted molar refractivity (Wildman–Crippen MR) is 107 cm³/mol. The van der Waals surface area contributed by atoms with Gasteiger partial charge in [0.05, 0.1) is 11.5 Å². The number of para-hydroxylation sites is 1. The summed E-state index contributed by atoms with van der Waals surface area (Å²) in [7, 11) is -3.01. The summed E-state index contributed by atoms with van der Waals surface area (Å²) >= 11 is 5.22. The summed E-state index contributed by atoms with van der Waals surface area (Å²) in [5, 5.41) is 3.09. The van der Waals surface area contributed by atoms with E-state index in [0.29, 0.717) is 5.70 Å². The van der Waals surface area contributed by atoms with E-state index in [9.17, 15) is 8.42 Å². The number of sulfone groups is 1. The van der Waals surface area contributed by atoms with Gasteiger partial charge in [-0.3, -0.25) is 0 Å². The molecule has 1 N–H and O–H groups in total. The third-order valence-electron chi connectivity index (χ3n) is 4.20. The molecule has 1 heterocycles. The van der Waals surface area contributed by atoms with E-state index in [1.807, 2.05) is 18.2 Å². The van der Waals surface area contributed by atoms with Crippen molar-refractivity contribution >= 4 is 27.2 Å². The van der Waals surface area contributed by atoms with Crippen LogP contribution in [0.3, 0.4) is 0 Å². The van der Waals surface area contributed by atoms with Crippen LogP contribution in [0.2, 0.25) is 0 Å². The van der Waals surface area contributed by atoms with E-state index in [-0.39, 0.29) is 16.7 Å². The molecule has 0 amide bonds. The van der Waals surface area contributed by atoms with E-state index >= 15 is 0 Å². The van der Waals surface area contributed by atoms with E-state index in [0.717, 1.165) is 24.2 Å². The van der Waals surface area contributed by atoms with Crippen molar-refractivity contribution in [3.05, 3.63) is 41.6 Å². The fourth-order valence-electron chi connectivity index (χ4n) is 2.83. The Hall–Kier alpha value is -1.40. The minimum absolute atomic E-state index is 0.00406. The number of nitrogens with one attached hydrogen (secondary N) is 1. The average molecular weight is 382 g/mol. The van der Waals surface area contributed by atoms with E-state index < -0.39 is 9.84 Å². The number of aryl methyl sites for hydroxylation is 1. The second kappa shape index (κ2) is 9.92. The maximum atomic E-state index is 11.5. The number of unbranched alkanes of at least 4 members (excludes halogenated alkanes) is 5. The van der Waals surface area contributed by atoms with Crippen molar-refractivity contribution in [1.82, 2.24) is 5.32 Å². The molecule has 1 aromatic rings. The first kappa shape index (κ1) is 19.9. The van der Waals surface area contributed by atoms with Crippen LogP contribution in [0.4, 0.5) is 0 Å². The van der Waals surface area contributed by atoms with E-state index in [1.165, 1.54) is 32.1 Å². The highest BCUT2D eigenvalue weighted by atomic mass is 32.2. The Morgan fingerprint density at radius 3 is 2.60 bits per heavy atom. The lowest BCUT2D eigenvalue weighted by atomic mass is 10.0. The summed E-state index contributed by atoms with van der Waals surface area (Å²) < 4.78 is 28.7. The van der Waals surface area contributed by atoms with Crippen LogP contribution in [-0.4, -0.2) is 25.1 Å². The zero-order valence-corrected chi connectivity index (χ0v) is 16.4. The van der Waals surface area contributed by atoms with Crippen LogP contribution in [0.15, 0.2) is 36.0 Å². The molecule has 2 rings (SSSR count). The Morgan fingerprint density at radius 1 is 1.16 bits per heavy atom. The molecule has 0 aliphatic carbocycles. The molecule has 0 unspecified atom stereocenters. The standard InChI is InChI=1S/C19H27NO3S2/c1-2-3-4-5-6-7-10-16-11-8-9-12-18(16)23-19(24)20-17-13-14-25(21,22)15-17/h8-9,11-13H,2-7,10,14-15H2,1H3,(H,20,24). The molecule has 1 aromatic carbocycles. The highest BCUT2D eigenvalue weighted by Gasteiger charge is 2.20. The van der Waals surface area contributed by atoms with Crippen LogP contribution >= 0.6 is 12.2 Å². The summed E-state index contributed by atoms with van der Waals surface area (Å²) in [6, 6.07) is 7.88. The molecule has 1 aliphatic rings. The first-order valence-corrected chi connectivity index (χ1v) is 11.2. The summed E-state index contributed by atoms with van der Waals surface area (Å²) in [6.07, 6.45) is 10.1. The van der Waals surface area contributed by atoms with Crippen molar-refractivity contribution in [1.29, 1.82) is 0 Å². The van der Waals surface area contributed by atoms with Gasteiger partial charge in [-0.25, -0.2) is 8.42 Å². The van der Waals surface area contributed by atoms with E-state index in [4.69, 9.17) is 17.0 Å². The van der Waals surface area contributed by atoms with Crippen molar-refractivity contribution in [2.24, 2.45) is 0 Å². The zero-order chi connectivity index (χ0) is 18.1. The SMILES string of the molecule is CCCCCCCCc1ccccc1OC(=S)NC1=CCS(=O)(=O)C1. The van der Waals surface area contributed by atoms with Crippen LogP contribution in [0, 0.1) is 0 Å². The predicted octanol–water partition coefficient (Wildman–Crippen LogP) is 4.16. The van der Waals surface area contributed by atoms with Gasteiger partial charge in [-0.15, -0.1) is 0 Å². The molecule has 6 heteroatoms. The van der Waals surface area contributed by atoms with Crippen molar-refractivity contribution in [3.8, 4) is 5.75 Å². The van der Waals surface area contributed by atoms with Gasteiger partial charge in [-0.1, -0.05) is 57.2 Å². The van der Waals surface area contributed by atoms with Crippen LogP contribution in [-0.2, 0) is 16.3 Å². The summed E-state index contributed by atoms with van der Waals surface area (Å²) in [4.78, 5) is 0. The monoisotopic (exact) mass is 381 g/mol. The van der Waals surface area contributed by atoms with Gasteiger partial charge < -0.3 is 10.1 Å². The molecule has 138 valence electrons. The van der Waals surface area contributed by atoms with Crippen molar-refractivity contribution in [2.45, 2.75) is 51.9 Å². The molecule has 4 nitrogen and oxygen atoms in total. The molecule has 0 bridgehead atoms. The first-order chi connectivity index (χ1) is 12.0. The summed E-state index contributed by atoms with van der Waals surface area (Å²) in [5.41, 5.74) is 1.73. The molecule has 0 spiro atoms. The lowest BCUT2D eigenvalue weighted by Gasteiger charge is -2.13. The third-order valence-corrected chi connectivity index (χ3v) is 5.81. The highest BCUT2D eigenvalue weighted by molar-refractivity contribution is 7.92. The van der Waals surface area contributed by atoms with Gasteiger partial charge in [-0.05, 0) is 42.8 Å². The van der Waals surface area contributed by atoms with Gasteiger partial charge in [-0.2, -0.15) is 0 Å². The van der Waals surface area contributed by atoms with Crippen LogP contribution in [0.1, 0.15) is 51.0 Å². The zero-order valence-electron chi connectivity index (χ0n) is 14.8. The largest absolute Gasteiger partial charge is 0.431 e. The number of ether oxygens (including phenoxy) is 1. The average Bonchev–Trinajstić information content (AvgIpc) is 2.90. The topological polar surface area (TPSA) is 55.4 Å². The Balaban J connectivity index is 1.82. The van der Waals surface area contributed by atoms with Crippen LogP contribution in [0.25, 0.3) is 0 Å². The number of thiocarbonyl (C=S) groups is 1. The van der Waals surface area contributed by atoms with E-state index in [1.54, 1.807) is 6.08 Å². The first-order valence-electron chi connectivity index (χ1n) is 8.96. The molecule has 0 saturated heterocycles. The Kier molecular flexibility index (Phi) is 7.90. The highest BCUT2D eigenvalue weighted by Crippen LogP contribution is 2.21. The van der Waals surface area contributed by atoms with Crippen molar-refractivity contribution in [2.75, 3.05) is 11.5 Å². The van der Waals surface area contributed by atoms with Gasteiger partial charge in [0.15, 0.2) is 9.84 Å². The quantitative estimate of drug-likeness (QED) is 0.514. The van der Waals surface area contributed by atoms with Crippen LogP contribution in [0.5, 0.6) is 5.75 Å². The minimum atomic E-state index is -3.01. The fraction of sp³-hybridized carbons (Fsp3) is 0.526. The van der Waals surface area contributed by atoms with Gasteiger partial charge in [0.2, 0.25) is 0 Å². The van der Waals surface area contributed by atoms with Gasteiger partial charge in [0, 0.05) is 5.70 Å². The lowest BCUT2D eigenvalue weighted by molar-refractivity contribution is 0.529. The molecule has 0 radical (unpaired) electrons. The Morgan fingerprint density at radius 2 is 1.88 bits per heavy atom. The van der Waals surface area contributed by atoms with Gasteiger partial charge >= 0.3 is 0 Å². The Bertz CT molecular complexity index is 711. The molecule has 25 heavy (non-hydrogen) atoms. The molecule has 0 atom stereocenters. The van der Waals surface area contributed by atoms with Crippen molar-refractivity contribution in [3.63, 3.8) is 0 Å². The summed E-state index contributed by atoms with van der Waals surface area (Å²) in [5.74, 6) is 0.803. The molecule has 1 aliphatic heterocycles. The molecular weight excluding hydrogens is 354 g/mol. The smallest absolute Gasteiger partial charge is 0.266 e. The second-order valence-corrected chi connectivity index (χ2v) is 8.90. The molecule has 0 fully saturated rings.